The van der Waals surface area contributed by atoms with E-state index < -0.39 is 18.0 Å². The first kappa shape index (κ1) is 14.8. The van der Waals surface area contributed by atoms with Gasteiger partial charge in [0.05, 0.1) is 5.69 Å². The zero-order valence-electron chi connectivity index (χ0n) is 11.8. The Morgan fingerprint density at radius 2 is 2.00 bits per heavy atom. The highest BCUT2D eigenvalue weighted by Gasteiger charge is 2.23. The average Bonchev–Trinajstić information content (AvgIpc) is 2.44. The summed E-state index contributed by atoms with van der Waals surface area (Å²) in [6.45, 7) is 3.48. The molecule has 2 rings (SSSR count). The first-order chi connectivity index (χ1) is 9.99. The van der Waals surface area contributed by atoms with Crippen LogP contribution in [-0.2, 0) is 4.79 Å². The summed E-state index contributed by atoms with van der Waals surface area (Å²) in [4.78, 5) is 27.1. The van der Waals surface area contributed by atoms with E-state index in [1.807, 2.05) is 6.07 Å². The van der Waals surface area contributed by atoms with Crippen molar-refractivity contribution < 1.29 is 14.7 Å². The van der Waals surface area contributed by atoms with Crippen molar-refractivity contribution in [3.8, 4) is 0 Å². The molecule has 0 saturated carbocycles. The maximum atomic E-state index is 12.0. The molecule has 2 aromatic rings. The lowest BCUT2D eigenvalue weighted by Crippen LogP contribution is -2.46. The third-order valence-corrected chi connectivity index (χ3v) is 3.15. The number of aromatic nitrogens is 1. The van der Waals surface area contributed by atoms with Gasteiger partial charge in [0.1, 0.15) is 6.04 Å². The van der Waals surface area contributed by atoms with Crippen LogP contribution in [0.15, 0.2) is 36.7 Å². The average molecular weight is 287 g/mol. The second-order valence-electron chi connectivity index (χ2n) is 5.06. The molecule has 0 radical (unpaired) electrons. The summed E-state index contributed by atoms with van der Waals surface area (Å²) < 4.78 is 0. The molecule has 2 amide bonds. The molecule has 21 heavy (non-hydrogen) atoms. The second-order valence-corrected chi connectivity index (χ2v) is 5.06. The van der Waals surface area contributed by atoms with E-state index in [0.717, 1.165) is 10.8 Å². The highest BCUT2D eigenvalue weighted by molar-refractivity contribution is 6.02. The number of anilines is 1. The van der Waals surface area contributed by atoms with Gasteiger partial charge in [-0.2, -0.15) is 0 Å². The van der Waals surface area contributed by atoms with Crippen molar-refractivity contribution in [1.29, 1.82) is 0 Å². The van der Waals surface area contributed by atoms with Gasteiger partial charge in [-0.15, -0.1) is 0 Å². The Morgan fingerprint density at radius 3 is 2.67 bits per heavy atom. The minimum absolute atomic E-state index is 0.204. The van der Waals surface area contributed by atoms with E-state index in [9.17, 15) is 9.59 Å². The number of amides is 2. The normalized spacial score (nSPS) is 12.1. The maximum Gasteiger partial charge on any atom is 0.326 e. The Labute approximate surface area is 122 Å². The van der Waals surface area contributed by atoms with E-state index in [4.69, 9.17) is 5.11 Å². The molecule has 0 unspecified atom stereocenters. The molecule has 1 aromatic heterocycles. The lowest BCUT2D eigenvalue weighted by molar-refractivity contribution is -0.140. The second kappa shape index (κ2) is 6.21. The summed E-state index contributed by atoms with van der Waals surface area (Å²) in [6.07, 6.45) is 3.34. The fourth-order valence-electron chi connectivity index (χ4n) is 2.04. The molecular weight excluding hydrogens is 270 g/mol. The fraction of sp³-hybridized carbons (Fsp3) is 0.267. The van der Waals surface area contributed by atoms with E-state index in [1.54, 1.807) is 44.4 Å². The third-order valence-electron chi connectivity index (χ3n) is 3.15. The van der Waals surface area contributed by atoms with Gasteiger partial charge in [0.15, 0.2) is 0 Å². The van der Waals surface area contributed by atoms with Gasteiger partial charge >= 0.3 is 12.0 Å². The number of fused-ring (bicyclic) bond motifs is 1. The summed E-state index contributed by atoms with van der Waals surface area (Å²) in [5, 5.41) is 16.0. The predicted octanol–water partition coefficient (Wildman–Crippen LogP) is 2.47. The number of pyridine rings is 1. The number of carboxylic acid groups (broad SMARTS) is 1. The number of carbonyl (C=O) groups is 2. The SMILES string of the molecule is CC(C)[C@H](NC(=O)Nc1cccc2cnccc12)C(=O)O. The molecule has 1 heterocycles. The molecule has 6 nitrogen and oxygen atoms in total. The van der Waals surface area contributed by atoms with Crippen LogP contribution in [0.4, 0.5) is 10.5 Å². The van der Waals surface area contributed by atoms with Crippen LogP contribution in [-0.4, -0.2) is 28.1 Å². The van der Waals surface area contributed by atoms with Crippen molar-refractivity contribution in [3.05, 3.63) is 36.7 Å². The van der Waals surface area contributed by atoms with Crippen LogP contribution in [0.5, 0.6) is 0 Å². The van der Waals surface area contributed by atoms with Crippen LogP contribution in [0.25, 0.3) is 10.8 Å². The number of benzene rings is 1. The molecule has 3 N–H and O–H groups in total. The topological polar surface area (TPSA) is 91.3 Å². The van der Waals surface area contributed by atoms with Crippen molar-refractivity contribution >= 4 is 28.5 Å². The van der Waals surface area contributed by atoms with Crippen molar-refractivity contribution in [2.24, 2.45) is 5.92 Å². The Morgan fingerprint density at radius 1 is 1.24 bits per heavy atom. The molecule has 0 aliphatic heterocycles. The number of aliphatic carboxylic acids is 1. The molecule has 0 aliphatic rings. The van der Waals surface area contributed by atoms with Crippen molar-refractivity contribution in [3.63, 3.8) is 0 Å². The predicted molar refractivity (Wildman–Crippen MR) is 80.2 cm³/mol. The first-order valence-corrected chi connectivity index (χ1v) is 6.62. The third kappa shape index (κ3) is 3.47. The minimum atomic E-state index is -1.05. The first-order valence-electron chi connectivity index (χ1n) is 6.62. The number of nitrogens with one attached hydrogen (secondary N) is 2. The molecule has 0 fully saturated rings. The Bertz CT molecular complexity index is 665. The van der Waals surface area contributed by atoms with E-state index in [1.165, 1.54) is 0 Å². The smallest absolute Gasteiger partial charge is 0.326 e. The van der Waals surface area contributed by atoms with E-state index >= 15 is 0 Å². The summed E-state index contributed by atoms with van der Waals surface area (Å²) >= 11 is 0. The van der Waals surface area contributed by atoms with Gasteiger partial charge in [-0.25, -0.2) is 9.59 Å². The largest absolute Gasteiger partial charge is 0.480 e. The van der Waals surface area contributed by atoms with Crippen LogP contribution >= 0.6 is 0 Å². The van der Waals surface area contributed by atoms with Gasteiger partial charge in [-0.05, 0) is 18.1 Å². The summed E-state index contributed by atoms with van der Waals surface area (Å²) in [5.41, 5.74) is 0.611. The highest BCUT2D eigenvalue weighted by atomic mass is 16.4. The number of rotatable bonds is 4. The zero-order chi connectivity index (χ0) is 15.4. The molecular formula is C15H17N3O3. The van der Waals surface area contributed by atoms with Crippen molar-refractivity contribution in [2.75, 3.05) is 5.32 Å². The van der Waals surface area contributed by atoms with Crippen LogP contribution in [0.2, 0.25) is 0 Å². The summed E-state index contributed by atoms with van der Waals surface area (Å²) in [7, 11) is 0. The molecule has 110 valence electrons. The van der Waals surface area contributed by atoms with Crippen molar-refractivity contribution in [2.45, 2.75) is 19.9 Å². The van der Waals surface area contributed by atoms with E-state index in [0.29, 0.717) is 5.69 Å². The highest BCUT2D eigenvalue weighted by Crippen LogP contribution is 2.22. The minimum Gasteiger partial charge on any atom is -0.480 e. The molecule has 0 spiro atoms. The Hall–Kier alpha value is -2.63. The van der Waals surface area contributed by atoms with Gasteiger partial charge in [-0.1, -0.05) is 26.0 Å². The van der Waals surface area contributed by atoms with Crippen molar-refractivity contribution in [1.82, 2.24) is 10.3 Å². The summed E-state index contributed by atoms with van der Waals surface area (Å²) in [6, 6.07) is 5.77. The van der Waals surface area contributed by atoms with Gasteiger partial charge in [0.25, 0.3) is 0 Å². The van der Waals surface area contributed by atoms with Crippen LogP contribution in [0.1, 0.15) is 13.8 Å². The standard InChI is InChI=1S/C15H17N3O3/c1-9(2)13(14(19)20)18-15(21)17-12-5-3-4-10-8-16-7-6-11(10)12/h3-9,13H,1-2H3,(H,19,20)(H2,17,18,21)/t13-/m0/s1. The lowest BCUT2D eigenvalue weighted by atomic mass is 10.1. The molecule has 0 saturated heterocycles. The number of carboxylic acids is 1. The number of nitrogens with zero attached hydrogens (tertiary/aromatic N) is 1. The van der Waals surface area contributed by atoms with Gasteiger partial charge in [-0.3, -0.25) is 4.98 Å². The van der Waals surface area contributed by atoms with Gasteiger partial charge in [0.2, 0.25) is 0 Å². The number of hydrogen-bond acceptors (Lipinski definition) is 3. The van der Waals surface area contributed by atoms with E-state index in [-0.39, 0.29) is 5.92 Å². The fourth-order valence-corrected chi connectivity index (χ4v) is 2.04. The van der Waals surface area contributed by atoms with Crippen LogP contribution < -0.4 is 10.6 Å². The number of hydrogen-bond donors (Lipinski definition) is 3. The Balaban J connectivity index is 2.17. The molecule has 1 aromatic carbocycles. The van der Waals surface area contributed by atoms with E-state index in [2.05, 4.69) is 15.6 Å². The van der Waals surface area contributed by atoms with Crippen LogP contribution in [0, 0.1) is 5.92 Å². The molecule has 0 aliphatic carbocycles. The quantitative estimate of drug-likeness (QED) is 0.805. The molecule has 1 atom stereocenters. The summed E-state index contributed by atoms with van der Waals surface area (Å²) in [5.74, 6) is -1.26. The molecule has 0 bridgehead atoms. The van der Waals surface area contributed by atoms with Gasteiger partial charge in [0, 0.05) is 23.2 Å². The lowest BCUT2D eigenvalue weighted by Gasteiger charge is -2.18. The van der Waals surface area contributed by atoms with Crippen LogP contribution in [0.3, 0.4) is 0 Å². The van der Waals surface area contributed by atoms with Gasteiger partial charge < -0.3 is 15.7 Å². The monoisotopic (exact) mass is 287 g/mol. The number of urea groups is 1. The zero-order valence-corrected chi connectivity index (χ0v) is 11.8. The molecule has 6 heteroatoms. The number of carbonyl (C=O) groups excluding carboxylic acids is 1. The maximum absolute atomic E-state index is 12.0. The Kier molecular flexibility index (Phi) is 4.37.